The molecule has 0 aromatic heterocycles. The van der Waals surface area contributed by atoms with Crippen LogP contribution in [0.5, 0.6) is 0 Å². The summed E-state index contributed by atoms with van der Waals surface area (Å²) in [6.45, 7) is 1.35. The number of sulfonamides is 1. The van der Waals surface area contributed by atoms with Gasteiger partial charge in [0.1, 0.15) is 0 Å². The average Bonchev–Trinajstić information content (AvgIpc) is 2.22. The highest BCUT2D eigenvalue weighted by atomic mass is 32.2. The summed E-state index contributed by atoms with van der Waals surface area (Å²) < 4.78 is 25.8. The van der Waals surface area contributed by atoms with Crippen molar-refractivity contribution in [1.82, 2.24) is 14.5 Å². The molecule has 1 aliphatic carbocycles. The van der Waals surface area contributed by atoms with Gasteiger partial charge in [0.25, 0.3) is 0 Å². The molecule has 0 heterocycles. The standard InChI is InChI=1S/C12H27N3O2S/c1-13-9-6-10-18(16,17)15(4)11-12(14(2)3)7-5-8-12/h13H,5-11H2,1-4H3. The third-order valence-electron chi connectivity index (χ3n) is 4.05. The van der Waals surface area contributed by atoms with E-state index in [1.165, 1.54) is 6.42 Å². The van der Waals surface area contributed by atoms with Crippen LogP contribution in [0.3, 0.4) is 0 Å². The van der Waals surface area contributed by atoms with Crippen LogP contribution in [-0.4, -0.2) is 70.2 Å². The predicted octanol–water partition coefficient (Wildman–Crippen LogP) is 0.342. The van der Waals surface area contributed by atoms with Crippen LogP contribution in [0.15, 0.2) is 0 Å². The minimum atomic E-state index is -3.11. The van der Waals surface area contributed by atoms with Gasteiger partial charge in [-0.2, -0.15) is 0 Å². The van der Waals surface area contributed by atoms with Gasteiger partial charge in [0, 0.05) is 19.1 Å². The molecule has 18 heavy (non-hydrogen) atoms. The van der Waals surface area contributed by atoms with Crippen LogP contribution in [-0.2, 0) is 10.0 Å². The van der Waals surface area contributed by atoms with E-state index < -0.39 is 10.0 Å². The van der Waals surface area contributed by atoms with Gasteiger partial charge in [-0.05, 0) is 53.4 Å². The molecule has 1 rings (SSSR count). The van der Waals surface area contributed by atoms with Crippen molar-refractivity contribution in [2.75, 3.05) is 47.0 Å². The Kier molecular flexibility index (Phi) is 5.58. The van der Waals surface area contributed by atoms with Gasteiger partial charge < -0.3 is 10.2 Å². The summed E-state index contributed by atoms with van der Waals surface area (Å²) in [5, 5.41) is 2.98. The van der Waals surface area contributed by atoms with Crippen molar-refractivity contribution in [1.29, 1.82) is 0 Å². The van der Waals surface area contributed by atoms with Crippen molar-refractivity contribution in [2.45, 2.75) is 31.2 Å². The lowest BCUT2D eigenvalue weighted by Gasteiger charge is -2.49. The summed E-state index contributed by atoms with van der Waals surface area (Å²) in [6.07, 6.45) is 4.05. The van der Waals surface area contributed by atoms with Crippen LogP contribution in [0.1, 0.15) is 25.7 Å². The predicted molar refractivity (Wildman–Crippen MR) is 75.2 cm³/mol. The van der Waals surface area contributed by atoms with Crippen molar-refractivity contribution in [3.8, 4) is 0 Å². The van der Waals surface area contributed by atoms with Crippen molar-refractivity contribution >= 4 is 10.0 Å². The van der Waals surface area contributed by atoms with E-state index in [9.17, 15) is 8.42 Å². The second-order valence-corrected chi connectivity index (χ2v) is 7.70. The van der Waals surface area contributed by atoms with Crippen molar-refractivity contribution in [2.24, 2.45) is 0 Å². The molecule has 0 radical (unpaired) electrons. The lowest BCUT2D eigenvalue weighted by Crippen LogP contribution is -2.57. The quantitative estimate of drug-likeness (QED) is 0.650. The molecule has 0 aromatic carbocycles. The number of rotatable bonds is 8. The Bertz CT molecular complexity index is 350. The zero-order chi connectivity index (χ0) is 13.8. The highest BCUT2D eigenvalue weighted by Gasteiger charge is 2.41. The molecular weight excluding hydrogens is 250 g/mol. The van der Waals surface area contributed by atoms with Gasteiger partial charge in [-0.3, -0.25) is 0 Å². The van der Waals surface area contributed by atoms with Gasteiger partial charge in [-0.25, -0.2) is 12.7 Å². The smallest absolute Gasteiger partial charge is 0.213 e. The largest absolute Gasteiger partial charge is 0.320 e. The maximum absolute atomic E-state index is 12.1. The van der Waals surface area contributed by atoms with Crippen LogP contribution in [0, 0.1) is 0 Å². The Hall–Kier alpha value is -0.170. The summed E-state index contributed by atoms with van der Waals surface area (Å²) >= 11 is 0. The van der Waals surface area contributed by atoms with Crippen LogP contribution in [0.25, 0.3) is 0 Å². The topological polar surface area (TPSA) is 52.7 Å². The molecule has 0 amide bonds. The molecule has 1 saturated carbocycles. The SMILES string of the molecule is CNCCCS(=O)(=O)N(C)CC1(N(C)C)CCC1. The van der Waals surface area contributed by atoms with Gasteiger partial charge in [0.2, 0.25) is 10.0 Å². The highest BCUT2D eigenvalue weighted by Crippen LogP contribution is 2.37. The van der Waals surface area contributed by atoms with E-state index in [1.807, 2.05) is 21.1 Å². The van der Waals surface area contributed by atoms with E-state index in [-0.39, 0.29) is 11.3 Å². The number of hydrogen-bond acceptors (Lipinski definition) is 4. The van der Waals surface area contributed by atoms with Crippen LogP contribution in [0.4, 0.5) is 0 Å². The fourth-order valence-electron chi connectivity index (χ4n) is 2.43. The minimum absolute atomic E-state index is 0.0603. The molecule has 0 aromatic rings. The maximum atomic E-state index is 12.1. The average molecular weight is 277 g/mol. The fraction of sp³-hybridized carbons (Fsp3) is 1.00. The molecule has 0 aliphatic heterocycles. The molecule has 0 saturated heterocycles. The van der Waals surface area contributed by atoms with E-state index in [2.05, 4.69) is 10.2 Å². The molecule has 6 heteroatoms. The molecule has 1 N–H and O–H groups in total. The van der Waals surface area contributed by atoms with E-state index in [4.69, 9.17) is 0 Å². The zero-order valence-corrected chi connectivity index (χ0v) is 12.9. The molecule has 5 nitrogen and oxygen atoms in total. The minimum Gasteiger partial charge on any atom is -0.320 e. The number of nitrogens with one attached hydrogen (secondary N) is 1. The molecule has 0 spiro atoms. The first kappa shape index (κ1) is 15.9. The Balaban J connectivity index is 2.55. The first-order valence-corrected chi connectivity index (χ1v) is 8.21. The number of nitrogens with zero attached hydrogens (tertiary/aromatic N) is 2. The molecular formula is C12H27N3O2S. The third kappa shape index (κ3) is 3.66. The number of hydrogen-bond donors (Lipinski definition) is 1. The van der Waals surface area contributed by atoms with Crippen molar-refractivity contribution in [3.05, 3.63) is 0 Å². The summed E-state index contributed by atoms with van der Waals surface area (Å²) in [4.78, 5) is 2.18. The molecule has 108 valence electrons. The maximum Gasteiger partial charge on any atom is 0.213 e. The fourth-order valence-corrected chi connectivity index (χ4v) is 3.69. The summed E-state index contributed by atoms with van der Waals surface area (Å²) in [6, 6.07) is 0. The molecule has 0 unspecified atom stereocenters. The Labute approximate surface area is 112 Å². The highest BCUT2D eigenvalue weighted by molar-refractivity contribution is 7.89. The van der Waals surface area contributed by atoms with Gasteiger partial charge in [0.05, 0.1) is 5.75 Å². The summed E-state index contributed by atoms with van der Waals surface area (Å²) in [7, 11) is 4.52. The van der Waals surface area contributed by atoms with Gasteiger partial charge in [-0.1, -0.05) is 0 Å². The van der Waals surface area contributed by atoms with Crippen molar-refractivity contribution in [3.63, 3.8) is 0 Å². The van der Waals surface area contributed by atoms with E-state index >= 15 is 0 Å². The second-order valence-electron chi connectivity index (χ2n) is 5.50. The third-order valence-corrected chi connectivity index (χ3v) is 5.94. The molecule has 1 aliphatic rings. The number of likely N-dealkylation sites (N-methyl/N-ethyl adjacent to an activating group) is 2. The lowest BCUT2D eigenvalue weighted by atomic mass is 9.75. The van der Waals surface area contributed by atoms with E-state index in [0.29, 0.717) is 13.0 Å². The Morgan fingerprint density at radius 3 is 2.22 bits per heavy atom. The first-order chi connectivity index (χ1) is 8.34. The molecule has 1 fully saturated rings. The summed E-state index contributed by atoms with van der Waals surface area (Å²) in [5.41, 5.74) is 0.0603. The van der Waals surface area contributed by atoms with Crippen LogP contribution >= 0.6 is 0 Å². The van der Waals surface area contributed by atoms with Crippen LogP contribution < -0.4 is 5.32 Å². The first-order valence-electron chi connectivity index (χ1n) is 6.60. The molecule has 0 bridgehead atoms. The van der Waals surface area contributed by atoms with Crippen molar-refractivity contribution < 1.29 is 8.42 Å². The van der Waals surface area contributed by atoms with E-state index in [0.717, 1.165) is 19.4 Å². The van der Waals surface area contributed by atoms with Gasteiger partial charge >= 0.3 is 0 Å². The Morgan fingerprint density at radius 1 is 1.22 bits per heavy atom. The molecule has 0 atom stereocenters. The lowest BCUT2D eigenvalue weighted by molar-refractivity contribution is 0.0455. The Morgan fingerprint density at radius 2 is 1.83 bits per heavy atom. The van der Waals surface area contributed by atoms with Crippen LogP contribution in [0.2, 0.25) is 0 Å². The van der Waals surface area contributed by atoms with Gasteiger partial charge in [-0.15, -0.1) is 0 Å². The zero-order valence-electron chi connectivity index (χ0n) is 12.1. The summed E-state index contributed by atoms with van der Waals surface area (Å²) in [5.74, 6) is 0.230. The second kappa shape index (κ2) is 6.32. The normalized spacial score (nSPS) is 19.2. The van der Waals surface area contributed by atoms with Gasteiger partial charge in [0.15, 0.2) is 0 Å². The monoisotopic (exact) mass is 277 g/mol. The van der Waals surface area contributed by atoms with E-state index in [1.54, 1.807) is 11.4 Å².